The SMILES string of the molecule is CC(C)(C)OC(C(=O)N1CC[C@H](O)C1)c1ccccc1. The Bertz CT molecular complexity index is 453. The molecule has 1 fully saturated rings. The van der Waals surface area contributed by atoms with Gasteiger partial charge in [-0.05, 0) is 32.8 Å². The highest BCUT2D eigenvalue weighted by molar-refractivity contribution is 5.82. The fourth-order valence-corrected chi connectivity index (χ4v) is 2.35. The Labute approximate surface area is 120 Å². The smallest absolute Gasteiger partial charge is 0.256 e. The van der Waals surface area contributed by atoms with Crippen molar-refractivity contribution in [1.29, 1.82) is 0 Å². The van der Waals surface area contributed by atoms with Crippen LogP contribution in [-0.4, -0.2) is 40.7 Å². The molecule has 4 nitrogen and oxygen atoms in total. The maximum absolute atomic E-state index is 12.7. The van der Waals surface area contributed by atoms with Crippen LogP contribution < -0.4 is 0 Å². The first-order valence-electron chi connectivity index (χ1n) is 7.06. The van der Waals surface area contributed by atoms with Crippen molar-refractivity contribution in [2.75, 3.05) is 13.1 Å². The Morgan fingerprint density at radius 1 is 1.35 bits per heavy atom. The number of amides is 1. The number of ether oxygens (including phenoxy) is 1. The quantitative estimate of drug-likeness (QED) is 0.921. The van der Waals surface area contributed by atoms with E-state index in [4.69, 9.17) is 4.74 Å². The summed E-state index contributed by atoms with van der Waals surface area (Å²) in [5.41, 5.74) is 0.447. The van der Waals surface area contributed by atoms with Crippen molar-refractivity contribution in [3.8, 4) is 0 Å². The molecule has 0 aromatic heterocycles. The molecule has 0 bridgehead atoms. The Morgan fingerprint density at radius 3 is 2.50 bits per heavy atom. The highest BCUT2D eigenvalue weighted by Crippen LogP contribution is 2.27. The van der Waals surface area contributed by atoms with Crippen LogP contribution in [0.1, 0.15) is 38.9 Å². The number of aliphatic hydroxyl groups is 1. The first-order valence-corrected chi connectivity index (χ1v) is 7.06. The van der Waals surface area contributed by atoms with E-state index in [1.807, 2.05) is 51.1 Å². The molecule has 0 aliphatic carbocycles. The number of hydrogen-bond donors (Lipinski definition) is 1. The van der Waals surface area contributed by atoms with Gasteiger partial charge in [-0.15, -0.1) is 0 Å². The van der Waals surface area contributed by atoms with Crippen molar-refractivity contribution < 1.29 is 14.6 Å². The normalized spacial score (nSPS) is 21.0. The highest BCUT2D eigenvalue weighted by atomic mass is 16.5. The summed E-state index contributed by atoms with van der Waals surface area (Å²) in [6.45, 7) is 6.81. The van der Waals surface area contributed by atoms with Gasteiger partial charge in [0.2, 0.25) is 0 Å². The van der Waals surface area contributed by atoms with Gasteiger partial charge in [0.15, 0.2) is 6.10 Å². The highest BCUT2D eigenvalue weighted by Gasteiger charge is 2.33. The molecule has 0 saturated carbocycles. The monoisotopic (exact) mass is 277 g/mol. The predicted molar refractivity (Wildman–Crippen MR) is 77.2 cm³/mol. The standard InChI is InChI=1S/C16H23NO3/c1-16(2,3)20-14(12-7-5-4-6-8-12)15(19)17-10-9-13(18)11-17/h4-8,13-14,18H,9-11H2,1-3H3/t13-,14?/m0/s1. The van der Waals surface area contributed by atoms with Gasteiger partial charge in [0.05, 0.1) is 11.7 Å². The summed E-state index contributed by atoms with van der Waals surface area (Å²) in [4.78, 5) is 14.3. The summed E-state index contributed by atoms with van der Waals surface area (Å²) in [5, 5.41) is 9.60. The van der Waals surface area contributed by atoms with E-state index in [2.05, 4.69) is 0 Å². The minimum absolute atomic E-state index is 0.0670. The second kappa shape index (κ2) is 5.94. The van der Waals surface area contributed by atoms with E-state index in [-0.39, 0.29) is 5.91 Å². The second-order valence-electron chi connectivity index (χ2n) is 6.25. The minimum Gasteiger partial charge on any atom is -0.391 e. The molecule has 4 heteroatoms. The van der Waals surface area contributed by atoms with E-state index in [9.17, 15) is 9.90 Å². The summed E-state index contributed by atoms with van der Waals surface area (Å²) in [5.74, 6) is -0.0670. The molecule has 0 radical (unpaired) electrons. The molecule has 1 aliphatic heterocycles. The van der Waals surface area contributed by atoms with Crippen LogP contribution in [0.3, 0.4) is 0 Å². The molecule has 110 valence electrons. The van der Waals surface area contributed by atoms with Crippen LogP contribution in [0.4, 0.5) is 0 Å². The van der Waals surface area contributed by atoms with Crippen LogP contribution in [0.2, 0.25) is 0 Å². The number of β-amino-alcohol motifs (C(OH)–C–C–N with tert-alkyl or cyclic N) is 1. The number of aliphatic hydroxyl groups excluding tert-OH is 1. The average molecular weight is 277 g/mol. The summed E-state index contributed by atoms with van der Waals surface area (Å²) in [6.07, 6.45) is -0.380. The van der Waals surface area contributed by atoms with Crippen LogP contribution in [0, 0.1) is 0 Å². The number of hydrogen-bond acceptors (Lipinski definition) is 3. The van der Waals surface area contributed by atoms with E-state index in [0.717, 1.165) is 5.56 Å². The molecule has 1 N–H and O–H groups in total. The van der Waals surface area contributed by atoms with E-state index >= 15 is 0 Å². The van der Waals surface area contributed by atoms with Crippen LogP contribution >= 0.6 is 0 Å². The van der Waals surface area contributed by atoms with Crippen LogP contribution in [0.5, 0.6) is 0 Å². The Kier molecular flexibility index (Phi) is 4.45. The summed E-state index contributed by atoms with van der Waals surface area (Å²) >= 11 is 0. The van der Waals surface area contributed by atoms with Gasteiger partial charge in [0, 0.05) is 13.1 Å². The molecule has 2 atom stereocenters. The van der Waals surface area contributed by atoms with Crippen molar-refractivity contribution in [2.24, 2.45) is 0 Å². The molecule has 1 aliphatic rings. The molecule has 1 aromatic carbocycles. The number of rotatable bonds is 3. The molecule has 1 saturated heterocycles. The molecule has 0 spiro atoms. The van der Waals surface area contributed by atoms with Gasteiger partial charge < -0.3 is 14.7 Å². The Morgan fingerprint density at radius 2 is 2.00 bits per heavy atom. The van der Waals surface area contributed by atoms with Crippen molar-refractivity contribution in [2.45, 2.75) is 45.0 Å². The van der Waals surface area contributed by atoms with Gasteiger partial charge in [-0.1, -0.05) is 30.3 Å². The fraction of sp³-hybridized carbons (Fsp3) is 0.562. The number of likely N-dealkylation sites (tertiary alicyclic amines) is 1. The van der Waals surface area contributed by atoms with E-state index in [0.29, 0.717) is 19.5 Å². The Balaban J connectivity index is 2.20. The summed E-state index contributed by atoms with van der Waals surface area (Å²) in [6, 6.07) is 9.53. The lowest BCUT2D eigenvalue weighted by molar-refractivity contribution is -0.153. The van der Waals surface area contributed by atoms with Crippen LogP contribution in [0.15, 0.2) is 30.3 Å². The van der Waals surface area contributed by atoms with Gasteiger partial charge in [0.1, 0.15) is 0 Å². The third-order valence-corrected chi connectivity index (χ3v) is 3.27. The largest absolute Gasteiger partial charge is 0.391 e. The van der Waals surface area contributed by atoms with E-state index in [1.54, 1.807) is 4.90 Å². The van der Waals surface area contributed by atoms with Crippen molar-refractivity contribution >= 4 is 5.91 Å². The number of carbonyl (C=O) groups is 1. The average Bonchev–Trinajstić information content (AvgIpc) is 2.82. The molecule has 20 heavy (non-hydrogen) atoms. The van der Waals surface area contributed by atoms with Crippen LogP contribution in [-0.2, 0) is 9.53 Å². The molecule has 2 rings (SSSR count). The van der Waals surface area contributed by atoms with E-state index < -0.39 is 17.8 Å². The van der Waals surface area contributed by atoms with Crippen LogP contribution in [0.25, 0.3) is 0 Å². The van der Waals surface area contributed by atoms with Gasteiger partial charge in [-0.3, -0.25) is 4.79 Å². The zero-order valence-electron chi connectivity index (χ0n) is 12.4. The lowest BCUT2D eigenvalue weighted by Gasteiger charge is -2.30. The van der Waals surface area contributed by atoms with Gasteiger partial charge in [0.25, 0.3) is 5.91 Å². The molecule has 1 heterocycles. The Hall–Kier alpha value is -1.39. The second-order valence-corrected chi connectivity index (χ2v) is 6.25. The van der Waals surface area contributed by atoms with Crippen molar-refractivity contribution in [3.63, 3.8) is 0 Å². The zero-order chi connectivity index (χ0) is 14.8. The fourth-order valence-electron chi connectivity index (χ4n) is 2.35. The number of carbonyl (C=O) groups excluding carboxylic acids is 1. The third-order valence-electron chi connectivity index (χ3n) is 3.27. The van der Waals surface area contributed by atoms with Crippen molar-refractivity contribution in [3.05, 3.63) is 35.9 Å². The van der Waals surface area contributed by atoms with Gasteiger partial charge in [-0.2, -0.15) is 0 Å². The molecule has 1 amide bonds. The maximum Gasteiger partial charge on any atom is 0.256 e. The minimum atomic E-state index is -0.610. The molecule has 1 aromatic rings. The van der Waals surface area contributed by atoms with Gasteiger partial charge >= 0.3 is 0 Å². The molecular formula is C16H23NO3. The summed E-state index contributed by atoms with van der Waals surface area (Å²) < 4.78 is 5.96. The third kappa shape index (κ3) is 3.81. The van der Waals surface area contributed by atoms with E-state index in [1.165, 1.54) is 0 Å². The first-order chi connectivity index (χ1) is 9.37. The summed E-state index contributed by atoms with van der Waals surface area (Å²) in [7, 11) is 0. The lowest BCUT2D eigenvalue weighted by Crippen LogP contribution is -2.38. The topological polar surface area (TPSA) is 49.8 Å². The molecule has 1 unspecified atom stereocenters. The van der Waals surface area contributed by atoms with Crippen molar-refractivity contribution in [1.82, 2.24) is 4.90 Å². The lowest BCUT2D eigenvalue weighted by atomic mass is 10.1. The van der Waals surface area contributed by atoms with Gasteiger partial charge in [-0.25, -0.2) is 0 Å². The first kappa shape index (κ1) is 15.0. The zero-order valence-corrected chi connectivity index (χ0v) is 12.4. The predicted octanol–water partition coefficient (Wildman–Crippen LogP) is 2.14. The molecular weight excluding hydrogens is 254 g/mol. The maximum atomic E-state index is 12.7. The number of nitrogens with zero attached hydrogens (tertiary/aromatic N) is 1. The number of benzene rings is 1.